The first-order valence-corrected chi connectivity index (χ1v) is 8.06. The minimum atomic E-state index is 0.00544. The van der Waals surface area contributed by atoms with Crippen molar-refractivity contribution in [2.75, 3.05) is 26.0 Å². The van der Waals surface area contributed by atoms with E-state index in [1.807, 2.05) is 25.1 Å². The number of imidazole rings is 1. The maximum absolute atomic E-state index is 11.6. The van der Waals surface area contributed by atoms with Crippen molar-refractivity contribution in [3.05, 3.63) is 23.2 Å². The number of carbonyl (C=O) groups excluding carboxylic acids is 1. The summed E-state index contributed by atoms with van der Waals surface area (Å²) in [7, 11) is 1.66. The molecule has 0 saturated carbocycles. The Labute approximate surface area is 133 Å². The standard InChI is InChI=1S/C14H18ClN3O2S/c1-3-16-13(19)9-21-14-17-11-8-10(15)4-5-12(11)18(14)6-7-20-2/h4-5,8H,3,6-7,9H2,1-2H3,(H,16,19). The Balaban J connectivity index is 2.25. The average molecular weight is 328 g/mol. The molecule has 1 heterocycles. The SMILES string of the molecule is CCNC(=O)CSc1nc2cc(Cl)ccc2n1CCOC. The lowest BCUT2D eigenvalue weighted by Gasteiger charge is -2.08. The number of benzene rings is 1. The fraction of sp³-hybridized carbons (Fsp3) is 0.429. The maximum atomic E-state index is 11.6. The van der Waals surface area contributed by atoms with Gasteiger partial charge in [0.1, 0.15) is 0 Å². The van der Waals surface area contributed by atoms with Gasteiger partial charge in [-0.05, 0) is 25.1 Å². The van der Waals surface area contributed by atoms with Gasteiger partial charge < -0.3 is 14.6 Å². The van der Waals surface area contributed by atoms with Gasteiger partial charge in [-0.1, -0.05) is 23.4 Å². The zero-order chi connectivity index (χ0) is 15.2. The second-order valence-corrected chi connectivity index (χ2v) is 5.79. The molecule has 21 heavy (non-hydrogen) atoms. The first-order chi connectivity index (χ1) is 10.2. The van der Waals surface area contributed by atoms with Crippen molar-refractivity contribution in [1.29, 1.82) is 0 Å². The van der Waals surface area contributed by atoms with Crippen LogP contribution in [0.25, 0.3) is 11.0 Å². The van der Waals surface area contributed by atoms with E-state index in [0.717, 1.165) is 16.2 Å². The van der Waals surface area contributed by atoms with Gasteiger partial charge in [0, 0.05) is 25.2 Å². The van der Waals surface area contributed by atoms with E-state index in [1.54, 1.807) is 7.11 Å². The first-order valence-electron chi connectivity index (χ1n) is 6.70. The van der Waals surface area contributed by atoms with E-state index in [1.165, 1.54) is 11.8 Å². The first kappa shape index (κ1) is 16.1. The number of nitrogens with one attached hydrogen (secondary N) is 1. The molecule has 1 aromatic heterocycles. The zero-order valence-corrected chi connectivity index (χ0v) is 13.6. The number of methoxy groups -OCH3 is 1. The molecular formula is C14H18ClN3O2S. The van der Waals surface area contributed by atoms with Crippen molar-refractivity contribution in [3.8, 4) is 0 Å². The Hall–Kier alpha value is -1.24. The number of rotatable bonds is 7. The third-order valence-corrected chi connectivity index (χ3v) is 4.11. The molecule has 2 aromatic rings. The molecule has 0 unspecified atom stereocenters. The molecule has 1 N–H and O–H groups in total. The van der Waals surface area contributed by atoms with Gasteiger partial charge in [-0.2, -0.15) is 0 Å². The van der Waals surface area contributed by atoms with Crippen molar-refractivity contribution in [2.24, 2.45) is 0 Å². The van der Waals surface area contributed by atoms with Crippen molar-refractivity contribution in [1.82, 2.24) is 14.9 Å². The van der Waals surface area contributed by atoms with E-state index < -0.39 is 0 Å². The Bertz CT molecular complexity index is 630. The molecule has 1 aromatic carbocycles. The van der Waals surface area contributed by atoms with Crippen LogP contribution in [0.3, 0.4) is 0 Å². The largest absolute Gasteiger partial charge is 0.383 e. The van der Waals surface area contributed by atoms with Crippen LogP contribution < -0.4 is 5.32 Å². The van der Waals surface area contributed by atoms with Crippen LogP contribution in [0, 0.1) is 0 Å². The summed E-state index contributed by atoms with van der Waals surface area (Å²) in [4.78, 5) is 16.2. The smallest absolute Gasteiger partial charge is 0.230 e. The van der Waals surface area contributed by atoms with Crippen LogP contribution >= 0.6 is 23.4 Å². The molecule has 0 aliphatic carbocycles. The van der Waals surface area contributed by atoms with Crippen LogP contribution in [0.1, 0.15) is 6.92 Å². The van der Waals surface area contributed by atoms with Gasteiger partial charge in [-0.25, -0.2) is 4.98 Å². The fourth-order valence-corrected chi connectivity index (χ4v) is 3.00. The summed E-state index contributed by atoms with van der Waals surface area (Å²) in [6.45, 7) is 3.81. The molecular weight excluding hydrogens is 310 g/mol. The molecule has 0 fully saturated rings. The van der Waals surface area contributed by atoms with Crippen molar-refractivity contribution in [3.63, 3.8) is 0 Å². The topological polar surface area (TPSA) is 56.2 Å². The summed E-state index contributed by atoms with van der Waals surface area (Å²) in [5.74, 6) is 0.351. The molecule has 2 rings (SSSR count). The third kappa shape index (κ3) is 4.12. The number of carbonyl (C=O) groups is 1. The summed E-state index contributed by atoms with van der Waals surface area (Å²) in [5, 5.41) is 4.23. The van der Waals surface area contributed by atoms with Gasteiger partial charge in [0.05, 0.1) is 23.4 Å². The molecule has 0 spiro atoms. The van der Waals surface area contributed by atoms with E-state index in [9.17, 15) is 4.79 Å². The lowest BCUT2D eigenvalue weighted by atomic mass is 10.3. The summed E-state index contributed by atoms with van der Waals surface area (Å²) >= 11 is 7.43. The van der Waals surface area contributed by atoms with Gasteiger partial charge in [-0.3, -0.25) is 4.79 Å². The summed E-state index contributed by atoms with van der Waals surface area (Å²) in [6.07, 6.45) is 0. The summed E-state index contributed by atoms with van der Waals surface area (Å²) in [5.41, 5.74) is 1.83. The highest BCUT2D eigenvalue weighted by Gasteiger charge is 2.13. The number of halogens is 1. The molecule has 5 nitrogen and oxygen atoms in total. The van der Waals surface area contributed by atoms with Crippen LogP contribution in [0.15, 0.2) is 23.4 Å². The van der Waals surface area contributed by atoms with E-state index >= 15 is 0 Å². The summed E-state index contributed by atoms with van der Waals surface area (Å²) in [6, 6.07) is 5.61. The average Bonchev–Trinajstić information content (AvgIpc) is 2.80. The van der Waals surface area contributed by atoms with Crippen molar-refractivity contribution < 1.29 is 9.53 Å². The highest BCUT2D eigenvalue weighted by molar-refractivity contribution is 7.99. The minimum absolute atomic E-state index is 0.00544. The molecule has 0 saturated heterocycles. The Morgan fingerprint density at radius 1 is 1.52 bits per heavy atom. The van der Waals surface area contributed by atoms with Gasteiger partial charge in [0.2, 0.25) is 5.91 Å². The van der Waals surface area contributed by atoms with E-state index in [-0.39, 0.29) is 5.91 Å². The molecule has 0 aliphatic rings. The monoisotopic (exact) mass is 327 g/mol. The maximum Gasteiger partial charge on any atom is 0.230 e. The normalized spacial score (nSPS) is 11.0. The number of amides is 1. The number of nitrogens with zero attached hydrogens (tertiary/aromatic N) is 2. The number of thioether (sulfide) groups is 1. The number of fused-ring (bicyclic) bond motifs is 1. The van der Waals surface area contributed by atoms with Crippen LogP contribution in [-0.4, -0.2) is 41.5 Å². The fourth-order valence-electron chi connectivity index (χ4n) is 1.97. The van der Waals surface area contributed by atoms with Crippen LogP contribution in [0.4, 0.5) is 0 Å². The van der Waals surface area contributed by atoms with Crippen LogP contribution in [0.2, 0.25) is 5.02 Å². The second kappa shape index (κ2) is 7.68. The minimum Gasteiger partial charge on any atom is -0.383 e. The quantitative estimate of drug-likeness (QED) is 0.794. The Morgan fingerprint density at radius 2 is 2.33 bits per heavy atom. The van der Waals surface area contributed by atoms with E-state index in [0.29, 0.717) is 30.5 Å². The van der Waals surface area contributed by atoms with Crippen molar-refractivity contribution in [2.45, 2.75) is 18.6 Å². The number of hydrogen-bond donors (Lipinski definition) is 1. The van der Waals surface area contributed by atoms with Crippen LogP contribution in [0.5, 0.6) is 0 Å². The lowest BCUT2D eigenvalue weighted by molar-refractivity contribution is -0.118. The van der Waals surface area contributed by atoms with Gasteiger partial charge in [0.15, 0.2) is 5.16 Å². The van der Waals surface area contributed by atoms with Gasteiger partial charge in [-0.15, -0.1) is 0 Å². The Morgan fingerprint density at radius 3 is 3.05 bits per heavy atom. The highest BCUT2D eigenvalue weighted by Crippen LogP contribution is 2.26. The predicted molar refractivity (Wildman–Crippen MR) is 86.0 cm³/mol. The van der Waals surface area contributed by atoms with E-state index in [4.69, 9.17) is 16.3 Å². The molecule has 114 valence electrons. The van der Waals surface area contributed by atoms with Crippen molar-refractivity contribution >= 4 is 40.3 Å². The molecule has 7 heteroatoms. The summed E-state index contributed by atoms with van der Waals surface area (Å²) < 4.78 is 7.20. The molecule has 0 bridgehead atoms. The lowest BCUT2D eigenvalue weighted by Crippen LogP contribution is -2.24. The van der Waals surface area contributed by atoms with Crippen LogP contribution in [-0.2, 0) is 16.1 Å². The molecule has 0 aliphatic heterocycles. The predicted octanol–water partition coefficient (Wildman–Crippen LogP) is 2.56. The zero-order valence-electron chi connectivity index (χ0n) is 12.1. The third-order valence-electron chi connectivity index (χ3n) is 2.90. The van der Waals surface area contributed by atoms with Gasteiger partial charge in [0.25, 0.3) is 0 Å². The number of ether oxygens (including phenoxy) is 1. The van der Waals surface area contributed by atoms with E-state index in [2.05, 4.69) is 14.9 Å². The molecule has 1 amide bonds. The second-order valence-electron chi connectivity index (χ2n) is 4.41. The number of hydrogen-bond acceptors (Lipinski definition) is 4. The van der Waals surface area contributed by atoms with Gasteiger partial charge >= 0.3 is 0 Å². The highest BCUT2D eigenvalue weighted by atomic mass is 35.5. The molecule has 0 atom stereocenters. The number of aromatic nitrogens is 2. The molecule has 0 radical (unpaired) electrons. The Kier molecular flexibility index (Phi) is 5.90.